The Bertz CT molecular complexity index is 485. The van der Waals surface area contributed by atoms with Crippen LogP contribution in [0, 0.1) is 0 Å². The highest BCUT2D eigenvalue weighted by atomic mass is 16.5. The van der Waals surface area contributed by atoms with E-state index in [0.717, 1.165) is 0 Å². The second-order valence-corrected chi connectivity index (χ2v) is 3.86. The van der Waals surface area contributed by atoms with Gasteiger partial charge in [0.25, 0.3) is 0 Å². The van der Waals surface area contributed by atoms with E-state index in [-0.39, 0.29) is 0 Å². The Labute approximate surface area is 87.4 Å². The molecule has 0 saturated carbocycles. The first-order valence-electron chi connectivity index (χ1n) is 4.62. The van der Waals surface area contributed by atoms with Gasteiger partial charge in [-0.25, -0.2) is 4.98 Å². The van der Waals surface area contributed by atoms with Crippen molar-refractivity contribution in [1.29, 1.82) is 0 Å². The van der Waals surface area contributed by atoms with Gasteiger partial charge in [-0.05, 0) is 13.8 Å². The molecule has 15 heavy (non-hydrogen) atoms. The topological polar surface area (TPSA) is 59.7 Å². The largest absolute Gasteiger partial charge is 0.481 e. The van der Waals surface area contributed by atoms with Crippen molar-refractivity contribution in [2.24, 2.45) is 0 Å². The molecule has 0 amide bonds. The maximum atomic E-state index is 9.82. The Morgan fingerprint density at radius 1 is 1.40 bits per heavy atom. The zero-order valence-electron chi connectivity index (χ0n) is 8.93. The van der Waals surface area contributed by atoms with E-state index in [4.69, 9.17) is 4.74 Å². The Morgan fingerprint density at radius 3 is 2.73 bits per heavy atom. The van der Waals surface area contributed by atoms with Gasteiger partial charge in [-0.1, -0.05) is 0 Å². The summed E-state index contributed by atoms with van der Waals surface area (Å²) in [6.07, 6.45) is 4.97. The van der Waals surface area contributed by atoms with Crippen molar-refractivity contribution in [1.82, 2.24) is 14.4 Å². The van der Waals surface area contributed by atoms with Crippen LogP contribution in [0.2, 0.25) is 0 Å². The lowest BCUT2D eigenvalue weighted by Crippen LogP contribution is -2.15. The van der Waals surface area contributed by atoms with Crippen molar-refractivity contribution in [2.75, 3.05) is 7.11 Å². The molecular formula is C10H13N3O2. The fourth-order valence-electron chi connectivity index (χ4n) is 1.34. The molecule has 0 aliphatic carbocycles. The van der Waals surface area contributed by atoms with Crippen molar-refractivity contribution in [3.8, 4) is 5.88 Å². The van der Waals surface area contributed by atoms with E-state index < -0.39 is 5.60 Å². The minimum Gasteiger partial charge on any atom is -0.481 e. The highest BCUT2D eigenvalue weighted by Gasteiger charge is 2.20. The van der Waals surface area contributed by atoms with E-state index in [9.17, 15) is 5.11 Å². The lowest BCUT2D eigenvalue weighted by Gasteiger charge is -2.12. The Balaban J connectivity index is 2.65. The van der Waals surface area contributed by atoms with Crippen molar-refractivity contribution < 1.29 is 9.84 Å². The average molecular weight is 207 g/mol. The van der Waals surface area contributed by atoms with Gasteiger partial charge in [0.1, 0.15) is 5.60 Å². The SMILES string of the molecule is COc1cncc2nc(C(C)(C)O)cn12. The van der Waals surface area contributed by atoms with Gasteiger partial charge in [-0.15, -0.1) is 0 Å². The van der Waals surface area contributed by atoms with Gasteiger partial charge in [0.2, 0.25) is 5.88 Å². The van der Waals surface area contributed by atoms with Crippen LogP contribution >= 0.6 is 0 Å². The van der Waals surface area contributed by atoms with E-state index in [1.165, 1.54) is 0 Å². The molecule has 0 bridgehead atoms. The minimum absolute atomic E-state index is 0.591. The Kier molecular flexibility index (Phi) is 2.12. The van der Waals surface area contributed by atoms with Crippen LogP contribution in [0.5, 0.6) is 5.88 Å². The molecule has 0 saturated heterocycles. The van der Waals surface area contributed by atoms with Gasteiger partial charge >= 0.3 is 0 Å². The van der Waals surface area contributed by atoms with Crippen molar-refractivity contribution >= 4 is 5.65 Å². The standard InChI is InChI=1S/C10H13N3O2/c1-10(2,14)7-6-13-8(12-7)4-11-5-9(13)15-3/h4-6,14H,1-3H3. The van der Waals surface area contributed by atoms with Crippen LogP contribution in [0.15, 0.2) is 18.6 Å². The molecule has 0 aliphatic heterocycles. The zero-order valence-corrected chi connectivity index (χ0v) is 8.93. The summed E-state index contributed by atoms with van der Waals surface area (Å²) in [5.41, 5.74) is 0.289. The number of imidazole rings is 1. The van der Waals surface area contributed by atoms with Gasteiger partial charge in [-0.3, -0.25) is 9.38 Å². The van der Waals surface area contributed by atoms with Crippen molar-refractivity contribution in [3.63, 3.8) is 0 Å². The molecule has 0 spiro atoms. The first-order chi connectivity index (χ1) is 7.02. The van der Waals surface area contributed by atoms with E-state index in [1.54, 1.807) is 43.9 Å². The number of methoxy groups -OCH3 is 1. The molecule has 1 N–H and O–H groups in total. The molecule has 0 fully saturated rings. The van der Waals surface area contributed by atoms with Crippen molar-refractivity contribution in [3.05, 3.63) is 24.3 Å². The molecule has 0 unspecified atom stereocenters. The van der Waals surface area contributed by atoms with Gasteiger partial charge in [0.15, 0.2) is 5.65 Å². The summed E-state index contributed by atoms with van der Waals surface area (Å²) in [7, 11) is 1.57. The smallest absolute Gasteiger partial charge is 0.218 e. The van der Waals surface area contributed by atoms with Gasteiger partial charge in [-0.2, -0.15) is 0 Å². The quantitative estimate of drug-likeness (QED) is 0.797. The van der Waals surface area contributed by atoms with Crippen LogP contribution in [0.25, 0.3) is 5.65 Å². The molecule has 0 aliphatic rings. The first kappa shape index (κ1) is 9.92. The third kappa shape index (κ3) is 1.66. The maximum Gasteiger partial charge on any atom is 0.218 e. The van der Waals surface area contributed by atoms with Crippen LogP contribution in [0.3, 0.4) is 0 Å². The fraction of sp³-hybridized carbons (Fsp3) is 0.400. The molecule has 0 aromatic carbocycles. The second-order valence-electron chi connectivity index (χ2n) is 3.86. The Morgan fingerprint density at radius 2 is 2.13 bits per heavy atom. The molecule has 5 nitrogen and oxygen atoms in total. The molecule has 2 rings (SSSR count). The molecule has 2 aromatic rings. The van der Waals surface area contributed by atoms with Crippen LogP contribution in [-0.4, -0.2) is 26.6 Å². The number of aromatic nitrogens is 3. The van der Waals surface area contributed by atoms with E-state index >= 15 is 0 Å². The number of ether oxygens (including phenoxy) is 1. The number of hydrogen-bond donors (Lipinski definition) is 1. The first-order valence-corrected chi connectivity index (χ1v) is 4.62. The van der Waals surface area contributed by atoms with Crippen LogP contribution in [0.1, 0.15) is 19.5 Å². The van der Waals surface area contributed by atoms with Crippen LogP contribution < -0.4 is 4.74 Å². The molecule has 5 heteroatoms. The monoisotopic (exact) mass is 207 g/mol. The minimum atomic E-state index is -0.961. The predicted octanol–water partition coefficient (Wildman–Crippen LogP) is 0.965. The number of aliphatic hydroxyl groups is 1. The highest BCUT2D eigenvalue weighted by Crippen LogP contribution is 2.21. The summed E-state index contributed by atoms with van der Waals surface area (Å²) >= 11 is 0. The molecule has 2 aromatic heterocycles. The predicted molar refractivity (Wildman–Crippen MR) is 54.8 cm³/mol. The third-order valence-electron chi connectivity index (χ3n) is 2.18. The number of hydrogen-bond acceptors (Lipinski definition) is 4. The lowest BCUT2D eigenvalue weighted by molar-refractivity contribution is 0.0744. The summed E-state index contributed by atoms with van der Waals surface area (Å²) in [5, 5.41) is 9.82. The summed E-state index contributed by atoms with van der Waals surface area (Å²) < 4.78 is 6.88. The number of nitrogens with zero attached hydrogens (tertiary/aromatic N) is 3. The second kappa shape index (κ2) is 3.20. The molecule has 80 valence electrons. The molecule has 2 heterocycles. The van der Waals surface area contributed by atoms with Crippen LogP contribution in [-0.2, 0) is 5.60 Å². The van der Waals surface area contributed by atoms with Gasteiger partial charge in [0, 0.05) is 6.20 Å². The van der Waals surface area contributed by atoms with Gasteiger partial charge < -0.3 is 9.84 Å². The van der Waals surface area contributed by atoms with Crippen molar-refractivity contribution in [2.45, 2.75) is 19.4 Å². The van der Waals surface area contributed by atoms with E-state index in [0.29, 0.717) is 17.2 Å². The van der Waals surface area contributed by atoms with E-state index in [2.05, 4.69) is 9.97 Å². The van der Waals surface area contributed by atoms with E-state index in [1.807, 2.05) is 0 Å². The maximum absolute atomic E-state index is 9.82. The number of fused-ring (bicyclic) bond motifs is 1. The highest BCUT2D eigenvalue weighted by molar-refractivity contribution is 5.41. The van der Waals surface area contributed by atoms with Gasteiger partial charge in [0.05, 0.1) is 25.2 Å². The van der Waals surface area contributed by atoms with Crippen LogP contribution in [0.4, 0.5) is 0 Å². The summed E-state index contributed by atoms with van der Waals surface area (Å²) in [4.78, 5) is 8.25. The summed E-state index contributed by atoms with van der Waals surface area (Å²) in [5.74, 6) is 0.593. The molecule has 0 radical (unpaired) electrons. The molecular weight excluding hydrogens is 194 g/mol. The average Bonchev–Trinajstić information content (AvgIpc) is 2.59. The molecule has 0 atom stereocenters. The lowest BCUT2D eigenvalue weighted by atomic mass is 10.1. The Hall–Kier alpha value is -1.62. The summed E-state index contributed by atoms with van der Waals surface area (Å²) in [6.45, 7) is 3.38. The zero-order chi connectivity index (χ0) is 11.1. The number of rotatable bonds is 2. The fourth-order valence-corrected chi connectivity index (χ4v) is 1.34. The summed E-state index contributed by atoms with van der Waals surface area (Å²) in [6, 6.07) is 0. The third-order valence-corrected chi connectivity index (χ3v) is 2.18. The normalized spacial score (nSPS) is 12.0.